The Morgan fingerprint density at radius 2 is 2.40 bits per heavy atom. The van der Waals surface area contributed by atoms with Crippen molar-refractivity contribution >= 4 is 5.91 Å². The molecule has 0 spiro atoms. The van der Waals surface area contributed by atoms with Crippen molar-refractivity contribution < 1.29 is 14.3 Å². The molecule has 0 saturated carbocycles. The topological polar surface area (TPSA) is 62.8 Å². The van der Waals surface area contributed by atoms with Gasteiger partial charge >= 0.3 is 0 Å². The lowest BCUT2D eigenvalue weighted by Crippen LogP contribution is -2.59. The number of hydrogen-bond donors (Lipinski definition) is 2. The quantitative estimate of drug-likeness (QED) is 0.702. The van der Waals surface area contributed by atoms with Crippen LogP contribution in [0.3, 0.4) is 0 Å². The highest BCUT2D eigenvalue weighted by atomic mass is 16.5. The van der Waals surface area contributed by atoms with Crippen LogP contribution in [0.4, 0.5) is 0 Å². The summed E-state index contributed by atoms with van der Waals surface area (Å²) in [6, 6.07) is 0.608. The van der Waals surface area contributed by atoms with Crippen molar-refractivity contribution in [3.8, 4) is 0 Å². The van der Waals surface area contributed by atoms with Crippen LogP contribution in [0.15, 0.2) is 0 Å². The van der Waals surface area contributed by atoms with Gasteiger partial charge in [-0.15, -0.1) is 0 Å². The molecule has 3 heterocycles. The summed E-state index contributed by atoms with van der Waals surface area (Å²) in [6.45, 7) is 7.30. The zero-order valence-corrected chi connectivity index (χ0v) is 12.2. The minimum Gasteiger partial charge on any atom is -0.373 e. The SMILES string of the molecule is CC1(OCC(=O)NCC2CN3CCCC3CO2)CNC1. The van der Waals surface area contributed by atoms with Gasteiger partial charge in [-0.25, -0.2) is 0 Å². The highest BCUT2D eigenvalue weighted by Gasteiger charge is 2.34. The van der Waals surface area contributed by atoms with E-state index >= 15 is 0 Å². The van der Waals surface area contributed by atoms with Crippen molar-refractivity contribution in [3.05, 3.63) is 0 Å². The summed E-state index contributed by atoms with van der Waals surface area (Å²) in [5, 5.41) is 6.07. The second kappa shape index (κ2) is 5.97. The first-order valence-corrected chi connectivity index (χ1v) is 7.62. The number of nitrogens with one attached hydrogen (secondary N) is 2. The number of morpholine rings is 1. The molecule has 3 rings (SSSR count). The standard InChI is InChI=1S/C14H25N3O3/c1-14(9-15-10-14)20-8-13(18)16-5-12-6-17-4-2-3-11(17)7-19-12/h11-12,15H,2-10H2,1H3,(H,16,18). The van der Waals surface area contributed by atoms with Crippen LogP contribution < -0.4 is 10.6 Å². The molecule has 0 aromatic carbocycles. The molecule has 0 bridgehead atoms. The predicted molar refractivity (Wildman–Crippen MR) is 74.6 cm³/mol. The van der Waals surface area contributed by atoms with Gasteiger partial charge in [-0.1, -0.05) is 0 Å². The van der Waals surface area contributed by atoms with E-state index in [0.29, 0.717) is 12.6 Å². The minimum atomic E-state index is -0.165. The van der Waals surface area contributed by atoms with E-state index in [4.69, 9.17) is 9.47 Å². The Labute approximate surface area is 120 Å². The largest absolute Gasteiger partial charge is 0.373 e. The lowest BCUT2D eigenvalue weighted by atomic mass is 10.0. The highest BCUT2D eigenvalue weighted by Crippen LogP contribution is 2.22. The van der Waals surface area contributed by atoms with Gasteiger partial charge in [0.2, 0.25) is 5.91 Å². The molecule has 1 amide bonds. The molecular formula is C14H25N3O3. The molecule has 0 aromatic heterocycles. The van der Waals surface area contributed by atoms with Crippen molar-refractivity contribution in [2.45, 2.75) is 37.5 Å². The summed E-state index contributed by atoms with van der Waals surface area (Å²) < 4.78 is 11.4. The Morgan fingerprint density at radius 1 is 1.55 bits per heavy atom. The lowest BCUT2D eigenvalue weighted by Gasteiger charge is -2.39. The van der Waals surface area contributed by atoms with Crippen LogP contribution in [0.1, 0.15) is 19.8 Å². The number of carbonyl (C=O) groups excluding carboxylic acids is 1. The molecule has 3 fully saturated rings. The summed E-state index contributed by atoms with van der Waals surface area (Å²) >= 11 is 0. The molecule has 114 valence electrons. The van der Waals surface area contributed by atoms with Crippen LogP contribution in [0.25, 0.3) is 0 Å². The smallest absolute Gasteiger partial charge is 0.246 e. The molecule has 3 saturated heterocycles. The third kappa shape index (κ3) is 3.31. The molecule has 6 heteroatoms. The maximum absolute atomic E-state index is 11.8. The van der Waals surface area contributed by atoms with E-state index in [1.807, 2.05) is 6.92 Å². The fourth-order valence-corrected chi connectivity index (χ4v) is 3.11. The second-order valence-corrected chi connectivity index (χ2v) is 6.39. The molecule has 2 N–H and O–H groups in total. The fraction of sp³-hybridized carbons (Fsp3) is 0.929. The summed E-state index contributed by atoms with van der Waals surface area (Å²) in [5.41, 5.74) is -0.165. The Kier molecular flexibility index (Phi) is 4.26. The van der Waals surface area contributed by atoms with Gasteiger partial charge in [0.25, 0.3) is 0 Å². The molecule has 3 aliphatic heterocycles. The summed E-state index contributed by atoms with van der Waals surface area (Å²) in [4.78, 5) is 14.3. The molecule has 0 aromatic rings. The van der Waals surface area contributed by atoms with Crippen LogP contribution >= 0.6 is 0 Å². The molecular weight excluding hydrogens is 258 g/mol. The monoisotopic (exact) mass is 283 g/mol. The van der Waals surface area contributed by atoms with Gasteiger partial charge in [0.05, 0.1) is 18.3 Å². The number of fused-ring (bicyclic) bond motifs is 1. The number of amides is 1. The maximum atomic E-state index is 11.8. The van der Waals surface area contributed by atoms with E-state index in [-0.39, 0.29) is 24.2 Å². The Hall–Kier alpha value is -0.690. The van der Waals surface area contributed by atoms with Gasteiger partial charge in [-0.05, 0) is 26.3 Å². The van der Waals surface area contributed by atoms with E-state index in [1.165, 1.54) is 19.4 Å². The Bertz CT molecular complexity index is 360. The van der Waals surface area contributed by atoms with Crippen LogP contribution in [0.5, 0.6) is 0 Å². The average molecular weight is 283 g/mol. The molecule has 2 atom stereocenters. The average Bonchev–Trinajstić information content (AvgIpc) is 2.88. The van der Waals surface area contributed by atoms with Crippen molar-refractivity contribution in [2.75, 3.05) is 45.9 Å². The minimum absolute atomic E-state index is 0.0507. The number of hydrogen-bond acceptors (Lipinski definition) is 5. The van der Waals surface area contributed by atoms with Crippen molar-refractivity contribution in [2.24, 2.45) is 0 Å². The highest BCUT2D eigenvalue weighted by molar-refractivity contribution is 5.77. The van der Waals surface area contributed by atoms with Crippen LogP contribution in [0.2, 0.25) is 0 Å². The fourth-order valence-electron chi connectivity index (χ4n) is 3.11. The predicted octanol–water partition coefficient (Wildman–Crippen LogP) is -0.656. The number of rotatable bonds is 5. The maximum Gasteiger partial charge on any atom is 0.246 e. The van der Waals surface area contributed by atoms with Gasteiger partial charge in [0, 0.05) is 32.2 Å². The number of ether oxygens (including phenoxy) is 2. The van der Waals surface area contributed by atoms with Crippen LogP contribution in [-0.4, -0.2) is 74.5 Å². The molecule has 2 unspecified atom stereocenters. The number of carbonyl (C=O) groups is 1. The Morgan fingerprint density at radius 3 is 3.15 bits per heavy atom. The summed E-state index contributed by atoms with van der Waals surface area (Å²) in [5.74, 6) is -0.0507. The first-order chi connectivity index (χ1) is 9.65. The van der Waals surface area contributed by atoms with Gasteiger partial charge < -0.3 is 20.1 Å². The molecule has 0 radical (unpaired) electrons. The van der Waals surface area contributed by atoms with Crippen molar-refractivity contribution in [1.29, 1.82) is 0 Å². The summed E-state index contributed by atoms with van der Waals surface area (Å²) in [6.07, 6.45) is 2.64. The first-order valence-electron chi connectivity index (χ1n) is 7.62. The zero-order chi connectivity index (χ0) is 14.0. The van der Waals surface area contributed by atoms with Gasteiger partial charge in [-0.2, -0.15) is 0 Å². The number of nitrogens with zero attached hydrogens (tertiary/aromatic N) is 1. The van der Waals surface area contributed by atoms with E-state index in [1.54, 1.807) is 0 Å². The third-order valence-corrected chi connectivity index (χ3v) is 4.54. The van der Waals surface area contributed by atoms with Crippen molar-refractivity contribution in [3.63, 3.8) is 0 Å². The molecule has 6 nitrogen and oxygen atoms in total. The van der Waals surface area contributed by atoms with Gasteiger partial charge in [-0.3, -0.25) is 9.69 Å². The van der Waals surface area contributed by atoms with Crippen LogP contribution in [0, 0.1) is 0 Å². The lowest BCUT2D eigenvalue weighted by molar-refractivity contribution is -0.137. The van der Waals surface area contributed by atoms with E-state index in [9.17, 15) is 4.79 Å². The van der Waals surface area contributed by atoms with Crippen molar-refractivity contribution in [1.82, 2.24) is 15.5 Å². The van der Waals surface area contributed by atoms with E-state index < -0.39 is 0 Å². The van der Waals surface area contributed by atoms with E-state index in [0.717, 1.165) is 26.2 Å². The van der Waals surface area contributed by atoms with Crippen LogP contribution in [-0.2, 0) is 14.3 Å². The molecule has 20 heavy (non-hydrogen) atoms. The summed E-state index contributed by atoms with van der Waals surface area (Å²) in [7, 11) is 0. The Balaban J connectivity index is 1.33. The molecule has 0 aliphatic carbocycles. The first kappa shape index (κ1) is 14.3. The second-order valence-electron chi connectivity index (χ2n) is 6.39. The molecule has 3 aliphatic rings. The third-order valence-electron chi connectivity index (χ3n) is 4.54. The normalized spacial score (nSPS) is 32.5. The zero-order valence-electron chi connectivity index (χ0n) is 12.2. The van der Waals surface area contributed by atoms with Gasteiger partial charge in [0.1, 0.15) is 6.61 Å². The van der Waals surface area contributed by atoms with Gasteiger partial charge in [0.15, 0.2) is 0 Å². The van der Waals surface area contributed by atoms with E-state index in [2.05, 4.69) is 15.5 Å².